The van der Waals surface area contributed by atoms with Gasteiger partial charge in [0.05, 0.1) is 27.3 Å². The molecule has 0 aliphatic carbocycles. The van der Waals surface area contributed by atoms with E-state index in [1.54, 1.807) is 11.0 Å². The number of ether oxygens (including phenoxy) is 4. The van der Waals surface area contributed by atoms with E-state index in [1.807, 2.05) is 12.1 Å². The van der Waals surface area contributed by atoms with Gasteiger partial charge in [-0.3, -0.25) is 14.5 Å². The molecule has 0 radical (unpaired) electrons. The summed E-state index contributed by atoms with van der Waals surface area (Å²) >= 11 is 0. The van der Waals surface area contributed by atoms with E-state index in [0.717, 1.165) is 5.56 Å². The van der Waals surface area contributed by atoms with E-state index >= 15 is 0 Å². The van der Waals surface area contributed by atoms with Crippen LogP contribution in [0.1, 0.15) is 5.56 Å². The summed E-state index contributed by atoms with van der Waals surface area (Å²) in [5, 5.41) is 0. The minimum Gasteiger partial charge on any atom is -0.468 e. The van der Waals surface area contributed by atoms with Gasteiger partial charge in [0.25, 0.3) is 0 Å². The van der Waals surface area contributed by atoms with Crippen molar-refractivity contribution in [1.29, 1.82) is 0 Å². The minimum absolute atomic E-state index is 0.0000416. The number of esters is 2. The van der Waals surface area contributed by atoms with Gasteiger partial charge in [0.1, 0.15) is 0 Å². The van der Waals surface area contributed by atoms with E-state index in [4.69, 9.17) is 9.47 Å². The van der Waals surface area contributed by atoms with Gasteiger partial charge in [-0.1, -0.05) is 6.07 Å². The fraction of sp³-hybridized carbons (Fsp3) is 0.429. The number of carbonyl (C=O) groups is 2. The smallest absolute Gasteiger partial charge is 0.319 e. The fourth-order valence-corrected chi connectivity index (χ4v) is 1.96. The quantitative estimate of drug-likeness (QED) is 0.710. The Bertz CT molecular complexity index is 512. The second-order valence-electron chi connectivity index (χ2n) is 4.49. The van der Waals surface area contributed by atoms with E-state index in [0.29, 0.717) is 18.0 Å². The first-order chi connectivity index (χ1) is 10.1. The van der Waals surface area contributed by atoms with Gasteiger partial charge in [-0.2, -0.15) is 0 Å². The van der Waals surface area contributed by atoms with Gasteiger partial charge in [-0.15, -0.1) is 0 Å². The number of hydrogen-bond donors (Lipinski definition) is 0. The predicted octanol–water partition coefficient (Wildman–Crippen LogP) is 0.563. The number of carbonyl (C=O) groups excluding carboxylic acids is 2. The Labute approximate surface area is 122 Å². The van der Waals surface area contributed by atoms with E-state index in [1.165, 1.54) is 14.2 Å². The molecule has 0 saturated heterocycles. The van der Waals surface area contributed by atoms with E-state index < -0.39 is 11.9 Å². The Morgan fingerprint density at radius 1 is 1.10 bits per heavy atom. The van der Waals surface area contributed by atoms with E-state index in [2.05, 4.69) is 9.47 Å². The molecular formula is C14H17NO6. The molecule has 21 heavy (non-hydrogen) atoms. The number of nitrogens with zero attached hydrogens (tertiary/aromatic N) is 1. The second kappa shape index (κ2) is 6.94. The maximum absolute atomic E-state index is 11.4. The zero-order chi connectivity index (χ0) is 15.2. The lowest BCUT2D eigenvalue weighted by atomic mass is 10.2. The van der Waals surface area contributed by atoms with Crippen molar-refractivity contribution in [2.45, 2.75) is 6.54 Å². The van der Waals surface area contributed by atoms with Crippen LogP contribution >= 0.6 is 0 Å². The monoisotopic (exact) mass is 295 g/mol. The SMILES string of the molecule is COC(=O)CN(CC(=O)OC)Cc1ccc2c(c1)OCO2. The van der Waals surface area contributed by atoms with Gasteiger partial charge in [0.2, 0.25) is 6.79 Å². The molecule has 0 unspecified atom stereocenters. The van der Waals surface area contributed by atoms with E-state index in [9.17, 15) is 9.59 Å². The predicted molar refractivity (Wildman–Crippen MR) is 71.9 cm³/mol. The van der Waals surface area contributed by atoms with Gasteiger partial charge >= 0.3 is 11.9 Å². The summed E-state index contributed by atoms with van der Waals surface area (Å²) in [5.74, 6) is 0.508. The Kier molecular flexibility index (Phi) is 4.99. The fourth-order valence-electron chi connectivity index (χ4n) is 1.96. The van der Waals surface area contributed by atoms with Crippen LogP contribution in [0.3, 0.4) is 0 Å². The Morgan fingerprint density at radius 2 is 1.71 bits per heavy atom. The Hall–Kier alpha value is -2.28. The maximum Gasteiger partial charge on any atom is 0.319 e. The van der Waals surface area contributed by atoms with Crippen molar-refractivity contribution in [3.8, 4) is 11.5 Å². The maximum atomic E-state index is 11.4. The molecule has 1 heterocycles. The highest BCUT2D eigenvalue weighted by Crippen LogP contribution is 2.32. The van der Waals surface area contributed by atoms with E-state index in [-0.39, 0.29) is 19.9 Å². The lowest BCUT2D eigenvalue weighted by molar-refractivity contribution is -0.145. The van der Waals surface area contributed by atoms with Gasteiger partial charge < -0.3 is 18.9 Å². The molecule has 0 fully saturated rings. The zero-order valence-electron chi connectivity index (χ0n) is 12.0. The topological polar surface area (TPSA) is 74.3 Å². The molecule has 1 aromatic rings. The highest BCUT2D eigenvalue weighted by molar-refractivity contribution is 5.74. The average Bonchev–Trinajstić information content (AvgIpc) is 2.94. The summed E-state index contributed by atoms with van der Waals surface area (Å²) in [7, 11) is 2.61. The third-order valence-corrected chi connectivity index (χ3v) is 3.00. The summed E-state index contributed by atoms with van der Waals surface area (Å²) in [5.41, 5.74) is 0.895. The van der Waals surface area contributed by atoms with Crippen LogP contribution in [0.4, 0.5) is 0 Å². The number of rotatable bonds is 6. The molecule has 0 spiro atoms. The van der Waals surface area contributed by atoms with Crippen LogP contribution in [0.25, 0.3) is 0 Å². The van der Waals surface area contributed by atoms with Crippen LogP contribution in [-0.2, 0) is 25.6 Å². The van der Waals surface area contributed by atoms with Gasteiger partial charge in [0.15, 0.2) is 11.5 Å². The van der Waals surface area contributed by atoms with Crippen molar-refractivity contribution in [1.82, 2.24) is 4.90 Å². The van der Waals surface area contributed by atoms with Crippen LogP contribution in [0.5, 0.6) is 11.5 Å². The Balaban J connectivity index is 2.06. The lowest BCUT2D eigenvalue weighted by Crippen LogP contribution is -2.35. The highest BCUT2D eigenvalue weighted by atomic mass is 16.7. The number of fused-ring (bicyclic) bond motifs is 1. The first-order valence-corrected chi connectivity index (χ1v) is 6.37. The normalized spacial score (nSPS) is 12.3. The largest absolute Gasteiger partial charge is 0.468 e. The van der Waals surface area contributed by atoms with Gasteiger partial charge in [0, 0.05) is 6.54 Å². The summed E-state index contributed by atoms with van der Waals surface area (Å²) in [6.07, 6.45) is 0. The summed E-state index contributed by atoms with van der Waals surface area (Å²) in [6.45, 7) is 0.591. The van der Waals surface area contributed by atoms with Crippen LogP contribution in [-0.4, -0.2) is 50.9 Å². The van der Waals surface area contributed by atoms with Crippen molar-refractivity contribution in [2.24, 2.45) is 0 Å². The van der Waals surface area contributed by atoms with Crippen molar-refractivity contribution in [3.63, 3.8) is 0 Å². The molecule has 0 saturated carbocycles. The molecular weight excluding hydrogens is 278 g/mol. The standard InChI is InChI=1S/C14H17NO6/c1-18-13(16)7-15(8-14(17)19-2)6-10-3-4-11-12(5-10)21-9-20-11/h3-5H,6-9H2,1-2H3. The van der Waals surface area contributed by atoms with Crippen LogP contribution in [0.2, 0.25) is 0 Å². The number of hydrogen-bond acceptors (Lipinski definition) is 7. The Morgan fingerprint density at radius 3 is 2.33 bits per heavy atom. The van der Waals surface area contributed by atoms with Crippen LogP contribution in [0.15, 0.2) is 18.2 Å². The first kappa shape index (κ1) is 15.1. The molecule has 0 amide bonds. The summed E-state index contributed by atoms with van der Waals surface area (Å²) in [4.78, 5) is 24.5. The molecule has 1 aliphatic heterocycles. The van der Waals surface area contributed by atoms with Crippen molar-refractivity contribution in [2.75, 3.05) is 34.1 Å². The van der Waals surface area contributed by atoms with Crippen LogP contribution < -0.4 is 9.47 Å². The van der Waals surface area contributed by atoms with Crippen LogP contribution in [0, 0.1) is 0 Å². The average molecular weight is 295 g/mol. The van der Waals surface area contributed by atoms with Crippen molar-refractivity contribution < 1.29 is 28.5 Å². The van der Waals surface area contributed by atoms with Gasteiger partial charge in [-0.25, -0.2) is 0 Å². The molecule has 0 N–H and O–H groups in total. The second-order valence-corrected chi connectivity index (χ2v) is 4.49. The van der Waals surface area contributed by atoms with Gasteiger partial charge in [-0.05, 0) is 17.7 Å². The molecule has 1 aliphatic rings. The zero-order valence-corrected chi connectivity index (χ0v) is 12.0. The molecule has 7 heteroatoms. The summed E-state index contributed by atoms with van der Waals surface area (Å²) < 4.78 is 19.8. The summed E-state index contributed by atoms with van der Waals surface area (Å²) in [6, 6.07) is 5.48. The molecule has 114 valence electrons. The molecule has 2 rings (SSSR count). The molecule has 7 nitrogen and oxygen atoms in total. The molecule has 0 aromatic heterocycles. The number of methoxy groups -OCH3 is 2. The van der Waals surface area contributed by atoms with Crippen molar-refractivity contribution in [3.05, 3.63) is 23.8 Å². The molecule has 0 atom stereocenters. The third-order valence-electron chi connectivity index (χ3n) is 3.00. The molecule has 1 aromatic carbocycles. The highest BCUT2D eigenvalue weighted by Gasteiger charge is 2.18. The van der Waals surface area contributed by atoms with Crippen molar-refractivity contribution >= 4 is 11.9 Å². The minimum atomic E-state index is -0.417. The third kappa shape index (κ3) is 4.09. The lowest BCUT2D eigenvalue weighted by Gasteiger charge is -2.19. The number of benzene rings is 1. The molecule has 0 bridgehead atoms. The first-order valence-electron chi connectivity index (χ1n) is 6.37.